The van der Waals surface area contributed by atoms with Crippen LogP contribution in [0.2, 0.25) is 0 Å². The third-order valence-electron chi connectivity index (χ3n) is 2.89. The van der Waals surface area contributed by atoms with E-state index in [9.17, 15) is 4.79 Å². The van der Waals surface area contributed by atoms with E-state index in [1.165, 1.54) is 19.8 Å². The van der Waals surface area contributed by atoms with Gasteiger partial charge in [-0.2, -0.15) is 0 Å². The van der Waals surface area contributed by atoms with Crippen LogP contribution in [0, 0.1) is 0 Å². The van der Waals surface area contributed by atoms with Crippen molar-refractivity contribution in [3.05, 3.63) is 12.3 Å². The lowest BCUT2D eigenvalue weighted by Gasteiger charge is -2.29. The predicted molar refractivity (Wildman–Crippen MR) is 52.4 cm³/mol. The molecule has 0 saturated heterocycles. The molecule has 1 rings (SSSR count). The van der Waals surface area contributed by atoms with Crippen LogP contribution in [0.25, 0.3) is 0 Å². The molecule has 1 aliphatic rings. The third kappa shape index (κ3) is 2.33. The minimum Gasteiger partial charge on any atom is -0.484 e. The number of ether oxygens (including phenoxy) is 1. The van der Waals surface area contributed by atoms with Gasteiger partial charge in [-0.25, -0.2) is 0 Å². The van der Waals surface area contributed by atoms with Gasteiger partial charge in [0.05, 0.1) is 0 Å². The van der Waals surface area contributed by atoms with Gasteiger partial charge in [-0.15, -0.1) is 0 Å². The molecule has 0 N–H and O–H groups in total. The quantitative estimate of drug-likeness (QED) is 0.493. The molecule has 0 atom stereocenters. The number of hydrogen-bond acceptors (Lipinski definition) is 2. The summed E-state index contributed by atoms with van der Waals surface area (Å²) in [5.41, 5.74) is -0.0806. The molecule has 13 heavy (non-hydrogen) atoms. The number of hydrogen-bond donors (Lipinski definition) is 0. The SMILES string of the molecule is C=C(OC1(CC)CCCC1)C(C)=O. The average Bonchev–Trinajstić information content (AvgIpc) is 2.54. The summed E-state index contributed by atoms with van der Waals surface area (Å²) in [4.78, 5) is 11.0. The van der Waals surface area contributed by atoms with Gasteiger partial charge in [0.1, 0.15) is 5.60 Å². The Morgan fingerprint density at radius 1 is 1.46 bits per heavy atom. The largest absolute Gasteiger partial charge is 0.484 e. The van der Waals surface area contributed by atoms with Crippen molar-refractivity contribution < 1.29 is 9.53 Å². The van der Waals surface area contributed by atoms with E-state index >= 15 is 0 Å². The first-order valence-corrected chi connectivity index (χ1v) is 4.98. The van der Waals surface area contributed by atoms with Crippen molar-refractivity contribution in [2.24, 2.45) is 0 Å². The highest BCUT2D eigenvalue weighted by atomic mass is 16.5. The zero-order valence-electron chi connectivity index (χ0n) is 8.56. The predicted octanol–water partition coefficient (Wildman–Crippen LogP) is 2.83. The second-order valence-corrected chi connectivity index (χ2v) is 3.83. The van der Waals surface area contributed by atoms with Crippen LogP contribution in [0.15, 0.2) is 12.3 Å². The van der Waals surface area contributed by atoms with E-state index in [0.29, 0.717) is 5.76 Å². The maximum absolute atomic E-state index is 11.0. The van der Waals surface area contributed by atoms with Crippen LogP contribution in [0.4, 0.5) is 0 Å². The van der Waals surface area contributed by atoms with Crippen molar-refractivity contribution in [3.8, 4) is 0 Å². The lowest BCUT2D eigenvalue weighted by Crippen LogP contribution is -2.28. The highest BCUT2D eigenvalue weighted by Crippen LogP contribution is 2.37. The Kier molecular flexibility index (Phi) is 3.12. The topological polar surface area (TPSA) is 26.3 Å². The Morgan fingerprint density at radius 2 is 2.00 bits per heavy atom. The first-order valence-electron chi connectivity index (χ1n) is 4.98. The fraction of sp³-hybridized carbons (Fsp3) is 0.727. The molecule has 0 spiro atoms. The van der Waals surface area contributed by atoms with Gasteiger partial charge in [-0.1, -0.05) is 13.5 Å². The van der Waals surface area contributed by atoms with E-state index in [0.717, 1.165) is 19.3 Å². The van der Waals surface area contributed by atoms with Crippen molar-refractivity contribution in [1.29, 1.82) is 0 Å². The summed E-state index contributed by atoms with van der Waals surface area (Å²) in [6.45, 7) is 7.25. The van der Waals surface area contributed by atoms with E-state index in [2.05, 4.69) is 13.5 Å². The molecule has 2 nitrogen and oxygen atoms in total. The Hall–Kier alpha value is -0.790. The summed E-state index contributed by atoms with van der Waals surface area (Å²) >= 11 is 0. The first kappa shape index (κ1) is 10.3. The monoisotopic (exact) mass is 182 g/mol. The van der Waals surface area contributed by atoms with Crippen molar-refractivity contribution >= 4 is 5.78 Å². The maximum atomic E-state index is 11.0. The summed E-state index contributed by atoms with van der Waals surface area (Å²) in [5.74, 6) is 0.267. The van der Waals surface area contributed by atoms with Gasteiger partial charge in [0.25, 0.3) is 0 Å². The lowest BCUT2D eigenvalue weighted by atomic mass is 9.99. The molecule has 1 aliphatic carbocycles. The van der Waals surface area contributed by atoms with Gasteiger partial charge >= 0.3 is 0 Å². The molecule has 0 aromatic heterocycles. The number of allylic oxidation sites excluding steroid dienone is 1. The van der Waals surface area contributed by atoms with Gasteiger partial charge in [0.2, 0.25) is 0 Å². The Labute approximate surface area is 80.0 Å². The summed E-state index contributed by atoms with van der Waals surface area (Å²) in [6.07, 6.45) is 5.52. The fourth-order valence-electron chi connectivity index (χ4n) is 1.88. The number of carbonyl (C=O) groups excluding carboxylic acids is 1. The number of rotatable bonds is 4. The molecule has 0 aromatic carbocycles. The smallest absolute Gasteiger partial charge is 0.193 e. The normalized spacial score (nSPS) is 19.8. The molecule has 1 saturated carbocycles. The highest BCUT2D eigenvalue weighted by molar-refractivity contribution is 5.90. The van der Waals surface area contributed by atoms with Crippen LogP contribution in [-0.4, -0.2) is 11.4 Å². The van der Waals surface area contributed by atoms with Crippen LogP contribution in [0.1, 0.15) is 46.0 Å². The van der Waals surface area contributed by atoms with Crippen molar-refractivity contribution in [3.63, 3.8) is 0 Å². The molecule has 1 fully saturated rings. The summed E-state index contributed by atoms with van der Waals surface area (Å²) < 4.78 is 5.67. The summed E-state index contributed by atoms with van der Waals surface area (Å²) in [7, 11) is 0. The van der Waals surface area contributed by atoms with E-state index in [1.54, 1.807) is 0 Å². The van der Waals surface area contributed by atoms with Gasteiger partial charge in [-0.3, -0.25) is 4.79 Å². The molecule has 0 aliphatic heterocycles. The Bertz CT molecular complexity index is 212. The molecule has 0 bridgehead atoms. The third-order valence-corrected chi connectivity index (χ3v) is 2.89. The molecule has 74 valence electrons. The second-order valence-electron chi connectivity index (χ2n) is 3.83. The van der Waals surface area contributed by atoms with Crippen LogP contribution in [0.3, 0.4) is 0 Å². The molecule has 0 unspecified atom stereocenters. The zero-order chi connectivity index (χ0) is 9.90. The van der Waals surface area contributed by atoms with Gasteiger partial charge in [0, 0.05) is 6.92 Å². The van der Waals surface area contributed by atoms with Gasteiger partial charge < -0.3 is 4.74 Å². The molecular formula is C11H18O2. The number of Topliss-reactive ketones (excluding diaryl/α,β-unsaturated/α-hetero) is 1. The van der Waals surface area contributed by atoms with Crippen LogP contribution < -0.4 is 0 Å². The Morgan fingerprint density at radius 3 is 2.38 bits per heavy atom. The van der Waals surface area contributed by atoms with Crippen molar-refractivity contribution in [2.45, 2.75) is 51.6 Å². The molecule has 2 heteroatoms. The van der Waals surface area contributed by atoms with Crippen molar-refractivity contribution in [2.75, 3.05) is 0 Å². The molecule has 0 radical (unpaired) electrons. The van der Waals surface area contributed by atoms with Crippen LogP contribution in [-0.2, 0) is 9.53 Å². The first-order chi connectivity index (χ1) is 6.09. The van der Waals surface area contributed by atoms with E-state index in [-0.39, 0.29) is 11.4 Å². The van der Waals surface area contributed by atoms with Gasteiger partial charge in [-0.05, 0) is 32.1 Å². The number of ketones is 1. The molecule has 0 aromatic rings. The average molecular weight is 182 g/mol. The van der Waals surface area contributed by atoms with Gasteiger partial charge in [0.15, 0.2) is 11.5 Å². The van der Waals surface area contributed by atoms with E-state index in [1.807, 2.05) is 0 Å². The van der Waals surface area contributed by atoms with Crippen LogP contribution in [0.5, 0.6) is 0 Å². The number of carbonyl (C=O) groups is 1. The summed E-state index contributed by atoms with van der Waals surface area (Å²) in [5, 5.41) is 0. The zero-order valence-corrected chi connectivity index (χ0v) is 8.56. The highest BCUT2D eigenvalue weighted by Gasteiger charge is 2.34. The van der Waals surface area contributed by atoms with Crippen molar-refractivity contribution in [1.82, 2.24) is 0 Å². The van der Waals surface area contributed by atoms with E-state index < -0.39 is 0 Å². The fourth-order valence-corrected chi connectivity index (χ4v) is 1.88. The minimum atomic E-state index is -0.0806. The summed E-state index contributed by atoms with van der Waals surface area (Å²) in [6, 6.07) is 0. The lowest BCUT2D eigenvalue weighted by molar-refractivity contribution is -0.120. The molecule has 0 heterocycles. The van der Waals surface area contributed by atoms with E-state index in [4.69, 9.17) is 4.74 Å². The maximum Gasteiger partial charge on any atom is 0.193 e. The molecule has 0 amide bonds. The Balaban J connectivity index is 2.58. The molecular weight excluding hydrogens is 164 g/mol. The minimum absolute atomic E-state index is 0.0558. The second kappa shape index (κ2) is 3.95. The van der Waals surface area contributed by atoms with Crippen LogP contribution >= 0.6 is 0 Å². The standard InChI is InChI=1S/C11H18O2/c1-4-11(7-5-6-8-11)13-10(3)9(2)12/h3-8H2,1-2H3.